The quantitative estimate of drug-likeness (QED) is 0.424. The molecule has 0 heterocycles. The van der Waals surface area contributed by atoms with Gasteiger partial charge in [0.05, 0.1) is 0 Å². The first kappa shape index (κ1) is 23.5. The van der Waals surface area contributed by atoms with Crippen molar-refractivity contribution >= 4 is 105 Å². The Bertz CT molecular complexity index is 119. The topological polar surface area (TPSA) is 0 Å². The maximum atomic E-state index is 3.02. The zero-order chi connectivity index (χ0) is 10.6. The van der Waals surface area contributed by atoms with Gasteiger partial charge in [-0.1, -0.05) is 6.99 Å². The second-order valence-corrected chi connectivity index (χ2v) is 48.4. The van der Waals surface area contributed by atoms with Crippen LogP contribution in [-0.2, 0) is 0 Å². The maximum absolute atomic E-state index is 3.02. The van der Waals surface area contributed by atoms with Crippen LogP contribution in [-0.4, -0.2) is 0 Å². The van der Waals surface area contributed by atoms with Crippen LogP contribution in [0, 0.1) is 0 Å². The predicted octanol–water partition coefficient (Wildman–Crippen LogP) is 4.45. The van der Waals surface area contributed by atoms with Crippen molar-refractivity contribution < 1.29 is 51.4 Å². The van der Waals surface area contributed by atoms with Crippen LogP contribution in [0.1, 0.15) is 0 Å². The van der Waals surface area contributed by atoms with Crippen molar-refractivity contribution in [2.45, 2.75) is 0 Å². The minimum atomic E-state index is 0. The van der Waals surface area contributed by atoms with Gasteiger partial charge in [0, 0.05) is 0 Å². The monoisotopic (exact) mass is 456 g/mol. The van der Waals surface area contributed by atoms with Crippen LogP contribution in [0.15, 0.2) is 0 Å². The number of rotatable bonds is 5. The molecule has 0 aromatic rings. The molecule has 0 aliphatic rings. The van der Waals surface area contributed by atoms with Crippen LogP contribution in [0.4, 0.5) is 0 Å². The second kappa shape index (κ2) is 13.9. The molecule has 0 nitrogen and oxygen atoms in total. The Morgan fingerprint density at radius 3 is 1.14 bits per heavy atom. The van der Waals surface area contributed by atoms with E-state index in [4.69, 9.17) is 0 Å². The summed E-state index contributed by atoms with van der Waals surface area (Å²) in [6, 6.07) is 0. The number of hydrogen-bond acceptors (Lipinski definition) is 0. The van der Waals surface area contributed by atoms with E-state index in [0.717, 1.165) is 0 Å². The summed E-state index contributed by atoms with van der Waals surface area (Å²) < 4.78 is 0. The van der Waals surface area contributed by atoms with Gasteiger partial charge in [0.25, 0.3) is 0 Å². The van der Waals surface area contributed by atoms with E-state index >= 15 is 0 Å². The van der Waals surface area contributed by atoms with Gasteiger partial charge in [0.1, 0.15) is 0 Å². The van der Waals surface area contributed by atoms with Gasteiger partial charge in [0.15, 0.2) is 0 Å². The first-order valence-corrected chi connectivity index (χ1v) is 25.3. The molecule has 0 aliphatic carbocycles. The molecule has 0 fully saturated rings. The summed E-state index contributed by atoms with van der Waals surface area (Å²) in [5, 5.41) is 0. The molecule has 8 atom stereocenters. The Labute approximate surface area is 154 Å². The third kappa shape index (κ3) is 10.0. The van der Waals surface area contributed by atoms with Gasteiger partial charge in [-0.05, 0) is 21.0 Å². The van der Waals surface area contributed by atoms with Gasteiger partial charge in [-0.2, -0.15) is 6.99 Å². The van der Waals surface area contributed by atoms with Gasteiger partial charge >= 0.3 is 51.4 Å². The van der Waals surface area contributed by atoms with Crippen LogP contribution in [0.5, 0.6) is 0 Å². The standard InChI is InChI=1S/K.H14P13/c;1-8-12(9(2)3)13(10(4)5)11(6)7/h;1-7H2/q+1;-1. The molecule has 0 radical (unpaired) electrons. The zero-order valence-corrected chi connectivity index (χ0v) is 24.3. The van der Waals surface area contributed by atoms with Crippen LogP contribution < -0.4 is 51.4 Å². The Hall–Kier alpha value is 7.23. The molecular weight excluding hydrogens is 442 g/mol. The summed E-state index contributed by atoms with van der Waals surface area (Å²) in [6.07, 6.45) is 0. The van der Waals surface area contributed by atoms with Gasteiger partial charge in [-0.15, -0.1) is 53.6 Å². The van der Waals surface area contributed by atoms with Crippen molar-refractivity contribution in [3.8, 4) is 0 Å². The van der Waals surface area contributed by atoms with E-state index in [0.29, 0.717) is 0 Å². The van der Waals surface area contributed by atoms with E-state index < -0.39 is 0 Å². The molecule has 0 amide bonds. The summed E-state index contributed by atoms with van der Waals surface area (Å²) in [5.74, 6) is 0. The third-order valence-corrected chi connectivity index (χ3v) is 71.5. The molecule has 80 valence electrons. The molecule has 0 aromatic carbocycles. The Morgan fingerprint density at radius 1 is 0.714 bits per heavy atom. The molecule has 0 N–H and O–H groups in total. The second-order valence-electron chi connectivity index (χ2n) is 1.79. The molecule has 0 aliphatic heterocycles. The SMILES string of the molecule is P[P-]P(P(P)P)P(P(P)P)P(P)P.[K+]. The van der Waals surface area contributed by atoms with Gasteiger partial charge < -0.3 is 7.96 Å². The minimum absolute atomic E-state index is 0. The van der Waals surface area contributed by atoms with Crippen LogP contribution in [0.25, 0.3) is 0 Å². The molecule has 8 unspecified atom stereocenters. The Balaban J connectivity index is 0. The fourth-order valence-electron chi connectivity index (χ4n) is 0.502. The van der Waals surface area contributed by atoms with Crippen molar-refractivity contribution in [3.05, 3.63) is 0 Å². The van der Waals surface area contributed by atoms with E-state index in [1.807, 2.05) is 0 Å². The third-order valence-electron chi connectivity index (χ3n) is 0.883. The molecule has 14 heavy (non-hydrogen) atoms. The van der Waals surface area contributed by atoms with E-state index in [1.165, 1.54) is 0 Å². The predicted molar refractivity (Wildman–Crippen MR) is 109 cm³/mol. The molecule has 0 rings (SSSR count). The summed E-state index contributed by atoms with van der Waals surface area (Å²) >= 11 is 0. The fraction of sp³-hybridized carbons (Fsp3) is 0. The van der Waals surface area contributed by atoms with E-state index in [1.54, 1.807) is 7.96 Å². The summed E-state index contributed by atoms with van der Waals surface area (Å²) in [4.78, 5) is 0. The van der Waals surface area contributed by atoms with E-state index in [-0.39, 0.29) is 86.3 Å². The Morgan fingerprint density at radius 2 is 1.07 bits per heavy atom. The molecule has 0 spiro atoms. The van der Waals surface area contributed by atoms with Crippen LogP contribution >= 0.6 is 105 Å². The first-order chi connectivity index (χ1) is 5.91. The van der Waals surface area contributed by atoms with E-state index in [2.05, 4.69) is 62.5 Å². The normalized spacial score (nSPS) is 14.8. The minimum Gasteiger partial charge on any atom is -0.471 e. The molecule has 0 aromatic heterocycles. The van der Waals surface area contributed by atoms with Crippen LogP contribution in [0.2, 0.25) is 0 Å². The average molecular weight is 456 g/mol. The molecule has 14 heteroatoms. The van der Waals surface area contributed by atoms with Crippen molar-refractivity contribution in [1.29, 1.82) is 0 Å². The van der Waals surface area contributed by atoms with Crippen molar-refractivity contribution in [2.75, 3.05) is 0 Å². The molecule has 0 saturated heterocycles. The Kier molecular flexibility index (Phi) is 23.3. The van der Waals surface area contributed by atoms with Crippen LogP contribution in [0.3, 0.4) is 0 Å². The zero-order valence-electron chi connectivity index (χ0n) is 7.72. The number of hydrogen-bond donors (Lipinski definition) is 0. The van der Waals surface area contributed by atoms with Crippen molar-refractivity contribution in [3.63, 3.8) is 0 Å². The largest absolute Gasteiger partial charge is 1.00 e. The average Bonchev–Trinajstić information content (AvgIpc) is 1.97. The summed E-state index contributed by atoms with van der Waals surface area (Å²) in [6.45, 7) is 0.733. The summed E-state index contributed by atoms with van der Waals surface area (Å²) in [5.41, 5.74) is 0. The van der Waals surface area contributed by atoms with Crippen molar-refractivity contribution in [1.82, 2.24) is 0 Å². The molecule has 0 bridgehead atoms. The molecular formula is H14KP13. The first-order valence-electron chi connectivity index (χ1n) is 2.81. The van der Waals surface area contributed by atoms with Gasteiger partial charge in [-0.3, -0.25) is 8.93 Å². The van der Waals surface area contributed by atoms with Crippen molar-refractivity contribution in [2.24, 2.45) is 0 Å². The van der Waals surface area contributed by atoms with Gasteiger partial charge in [-0.25, -0.2) is 0 Å². The van der Waals surface area contributed by atoms with E-state index in [9.17, 15) is 0 Å². The molecule has 0 saturated carbocycles. The maximum Gasteiger partial charge on any atom is 1.00 e. The fourth-order valence-corrected chi connectivity index (χ4v) is 122. The summed E-state index contributed by atoms with van der Waals surface area (Å²) in [7, 11) is 22.6. The smallest absolute Gasteiger partial charge is 0.471 e. The van der Waals surface area contributed by atoms with Gasteiger partial charge in [0.2, 0.25) is 0 Å².